The lowest BCUT2D eigenvalue weighted by molar-refractivity contribution is -0.130. The van der Waals surface area contributed by atoms with E-state index in [1.165, 1.54) is 5.56 Å². The molecule has 0 aliphatic rings. The van der Waals surface area contributed by atoms with Gasteiger partial charge in [-0.05, 0) is 24.9 Å². The summed E-state index contributed by atoms with van der Waals surface area (Å²) in [4.78, 5) is 13.7. The Kier molecular flexibility index (Phi) is 7.11. The van der Waals surface area contributed by atoms with E-state index in [1.54, 1.807) is 4.90 Å². The summed E-state index contributed by atoms with van der Waals surface area (Å²) in [6.07, 6.45) is 4.91. The van der Waals surface area contributed by atoms with E-state index < -0.39 is 0 Å². The monoisotopic (exact) mass is 248 g/mol. The van der Waals surface area contributed by atoms with Crippen molar-refractivity contribution in [2.24, 2.45) is 5.73 Å². The second kappa shape index (κ2) is 8.70. The quantitative estimate of drug-likeness (QED) is 0.719. The highest BCUT2D eigenvalue weighted by atomic mass is 16.2. The predicted molar refractivity (Wildman–Crippen MR) is 75.1 cm³/mol. The molecule has 0 bridgehead atoms. The fourth-order valence-electron chi connectivity index (χ4n) is 1.91. The minimum absolute atomic E-state index is 0.228. The predicted octanol–water partition coefficient (Wildman–Crippen LogP) is 2.55. The molecule has 0 spiro atoms. The molecule has 2 N–H and O–H groups in total. The van der Waals surface area contributed by atoms with Gasteiger partial charge in [0.25, 0.3) is 0 Å². The van der Waals surface area contributed by atoms with Crippen molar-refractivity contribution < 1.29 is 4.79 Å². The van der Waals surface area contributed by atoms with Gasteiger partial charge in [0, 0.05) is 20.0 Å². The Morgan fingerprint density at radius 2 is 1.78 bits per heavy atom. The molecule has 1 aromatic carbocycles. The molecule has 0 fully saturated rings. The van der Waals surface area contributed by atoms with E-state index in [-0.39, 0.29) is 5.91 Å². The molecule has 100 valence electrons. The Labute approximate surface area is 110 Å². The van der Waals surface area contributed by atoms with Gasteiger partial charge in [0.1, 0.15) is 0 Å². The molecule has 0 radical (unpaired) electrons. The molecule has 0 aliphatic heterocycles. The summed E-state index contributed by atoms with van der Waals surface area (Å²) in [5.74, 6) is 0.228. The van der Waals surface area contributed by atoms with Gasteiger partial charge in [-0.15, -0.1) is 0 Å². The fourth-order valence-corrected chi connectivity index (χ4v) is 1.91. The number of amides is 1. The zero-order valence-corrected chi connectivity index (χ0v) is 11.3. The van der Waals surface area contributed by atoms with Crippen LogP contribution in [0, 0.1) is 0 Å². The first-order valence-corrected chi connectivity index (χ1v) is 6.72. The van der Waals surface area contributed by atoms with Crippen molar-refractivity contribution in [2.45, 2.75) is 38.6 Å². The highest BCUT2D eigenvalue weighted by molar-refractivity contribution is 5.75. The van der Waals surface area contributed by atoms with Gasteiger partial charge < -0.3 is 10.6 Å². The van der Waals surface area contributed by atoms with Crippen LogP contribution in [0.3, 0.4) is 0 Å². The van der Waals surface area contributed by atoms with Crippen molar-refractivity contribution in [1.29, 1.82) is 0 Å². The average molecular weight is 248 g/mol. The van der Waals surface area contributed by atoms with E-state index in [9.17, 15) is 4.79 Å². The van der Waals surface area contributed by atoms with E-state index >= 15 is 0 Å². The van der Waals surface area contributed by atoms with E-state index in [0.717, 1.165) is 32.2 Å². The number of hydrogen-bond acceptors (Lipinski definition) is 2. The molecule has 1 rings (SSSR count). The normalized spacial score (nSPS) is 10.3. The van der Waals surface area contributed by atoms with Gasteiger partial charge in [0.15, 0.2) is 0 Å². The summed E-state index contributed by atoms with van der Waals surface area (Å²) in [5.41, 5.74) is 6.61. The molecule has 0 unspecified atom stereocenters. The zero-order valence-electron chi connectivity index (χ0n) is 11.3. The van der Waals surface area contributed by atoms with E-state index in [1.807, 2.05) is 37.4 Å². The van der Waals surface area contributed by atoms with Crippen LogP contribution < -0.4 is 5.73 Å². The van der Waals surface area contributed by atoms with Gasteiger partial charge in [0.05, 0.1) is 0 Å². The second-order valence-electron chi connectivity index (χ2n) is 4.69. The third-order valence-electron chi connectivity index (χ3n) is 3.03. The SMILES string of the molecule is CN(Cc1ccccc1)C(=O)CCCCCCN. The Hall–Kier alpha value is -1.35. The van der Waals surface area contributed by atoms with Crippen LogP contribution in [0.2, 0.25) is 0 Å². The minimum Gasteiger partial charge on any atom is -0.341 e. The minimum atomic E-state index is 0.228. The number of rotatable bonds is 8. The molecular formula is C15H24N2O. The van der Waals surface area contributed by atoms with Gasteiger partial charge in [-0.2, -0.15) is 0 Å². The maximum absolute atomic E-state index is 11.9. The first kappa shape index (κ1) is 14.7. The van der Waals surface area contributed by atoms with Crippen molar-refractivity contribution in [3.63, 3.8) is 0 Å². The number of nitrogens with two attached hydrogens (primary N) is 1. The van der Waals surface area contributed by atoms with Crippen molar-refractivity contribution in [3.05, 3.63) is 35.9 Å². The summed E-state index contributed by atoms with van der Waals surface area (Å²) in [6, 6.07) is 10.1. The molecular weight excluding hydrogens is 224 g/mol. The van der Waals surface area contributed by atoms with Gasteiger partial charge in [-0.3, -0.25) is 4.79 Å². The zero-order chi connectivity index (χ0) is 13.2. The van der Waals surface area contributed by atoms with Crippen molar-refractivity contribution in [2.75, 3.05) is 13.6 Å². The highest BCUT2D eigenvalue weighted by Gasteiger charge is 2.08. The molecule has 0 saturated carbocycles. The first-order valence-electron chi connectivity index (χ1n) is 6.72. The number of carbonyl (C=O) groups excluding carboxylic acids is 1. The van der Waals surface area contributed by atoms with Crippen LogP contribution in [0.5, 0.6) is 0 Å². The number of nitrogens with zero attached hydrogens (tertiary/aromatic N) is 1. The van der Waals surface area contributed by atoms with Crippen molar-refractivity contribution in [3.8, 4) is 0 Å². The number of unbranched alkanes of at least 4 members (excludes halogenated alkanes) is 3. The molecule has 3 nitrogen and oxygen atoms in total. The molecule has 0 atom stereocenters. The van der Waals surface area contributed by atoms with Crippen LogP contribution >= 0.6 is 0 Å². The first-order chi connectivity index (χ1) is 8.74. The molecule has 1 aromatic rings. The summed E-state index contributed by atoms with van der Waals surface area (Å²) in [5, 5.41) is 0. The maximum atomic E-state index is 11.9. The lowest BCUT2D eigenvalue weighted by Crippen LogP contribution is -2.25. The van der Waals surface area contributed by atoms with E-state index in [4.69, 9.17) is 5.73 Å². The van der Waals surface area contributed by atoms with Crippen molar-refractivity contribution in [1.82, 2.24) is 4.90 Å². The van der Waals surface area contributed by atoms with Crippen LogP contribution in [0.15, 0.2) is 30.3 Å². The molecule has 3 heteroatoms. The topological polar surface area (TPSA) is 46.3 Å². The molecule has 0 aromatic heterocycles. The Bertz CT molecular complexity index is 338. The Morgan fingerprint density at radius 1 is 1.11 bits per heavy atom. The van der Waals surface area contributed by atoms with Crippen LogP contribution in [0.25, 0.3) is 0 Å². The summed E-state index contributed by atoms with van der Waals surface area (Å²) < 4.78 is 0. The van der Waals surface area contributed by atoms with Crippen LogP contribution in [0.1, 0.15) is 37.7 Å². The fraction of sp³-hybridized carbons (Fsp3) is 0.533. The lowest BCUT2D eigenvalue weighted by Gasteiger charge is -2.17. The summed E-state index contributed by atoms with van der Waals surface area (Å²) >= 11 is 0. The Morgan fingerprint density at radius 3 is 2.44 bits per heavy atom. The summed E-state index contributed by atoms with van der Waals surface area (Å²) in [6.45, 7) is 1.45. The van der Waals surface area contributed by atoms with E-state index in [0.29, 0.717) is 13.0 Å². The number of hydrogen-bond donors (Lipinski definition) is 1. The van der Waals surface area contributed by atoms with Crippen LogP contribution in [0.4, 0.5) is 0 Å². The van der Waals surface area contributed by atoms with E-state index in [2.05, 4.69) is 0 Å². The maximum Gasteiger partial charge on any atom is 0.222 e. The van der Waals surface area contributed by atoms with Gasteiger partial charge in [-0.25, -0.2) is 0 Å². The van der Waals surface area contributed by atoms with Gasteiger partial charge in [0.2, 0.25) is 5.91 Å². The summed E-state index contributed by atoms with van der Waals surface area (Å²) in [7, 11) is 1.87. The van der Waals surface area contributed by atoms with Crippen LogP contribution in [-0.4, -0.2) is 24.4 Å². The third kappa shape index (κ3) is 5.82. The second-order valence-corrected chi connectivity index (χ2v) is 4.69. The lowest BCUT2D eigenvalue weighted by atomic mass is 10.1. The molecule has 0 saturated heterocycles. The molecule has 18 heavy (non-hydrogen) atoms. The largest absolute Gasteiger partial charge is 0.341 e. The third-order valence-corrected chi connectivity index (χ3v) is 3.03. The van der Waals surface area contributed by atoms with Gasteiger partial charge in [-0.1, -0.05) is 43.2 Å². The molecule has 0 aliphatic carbocycles. The smallest absolute Gasteiger partial charge is 0.222 e. The Balaban J connectivity index is 2.21. The number of carbonyl (C=O) groups is 1. The van der Waals surface area contributed by atoms with Crippen LogP contribution in [-0.2, 0) is 11.3 Å². The van der Waals surface area contributed by atoms with Gasteiger partial charge >= 0.3 is 0 Å². The molecule has 0 heterocycles. The standard InChI is InChI=1S/C15H24N2O/c1-17(13-14-9-5-4-6-10-14)15(18)11-7-2-3-8-12-16/h4-6,9-10H,2-3,7-8,11-13,16H2,1H3. The van der Waals surface area contributed by atoms with Crippen molar-refractivity contribution >= 4 is 5.91 Å². The number of benzene rings is 1. The highest BCUT2D eigenvalue weighted by Crippen LogP contribution is 2.07. The molecule has 1 amide bonds. The average Bonchev–Trinajstić information content (AvgIpc) is 2.39.